The van der Waals surface area contributed by atoms with Crippen molar-refractivity contribution in [2.75, 3.05) is 26.4 Å². The van der Waals surface area contributed by atoms with E-state index in [9.17, 15) is 0 Å². The average molecular weight is 298 g/mol. The third-order valence-electron chi connectivity index (χ3n) is 2.69. The third kappa shape index (κ3) is 6.15. The molecule has 0 spiro atoms. The summed E-state index contributed by atoms with van der Waals surface area (Å²) in [4.78, 5) is 0. The molecule has 1 rings (SSSR count). The molecule has 1 aromatic rings. The van der Waals surface area contributed by atoms with Crippen LogP contribution in [0.3, 0.4) is 0 Å². The highest BCUT2D eigenvalue weighted by Gasteiger charge is 2.44. The Morgan fingerprint density at radius 3 is 1.85 bits per heavy atom. The molecular weight excluding hydrogens is 272 g/mol. The Morgan fingerprint density at radius 1 is 0.800 bits per heavy atom. The standard InChI is InChI=1S/C15H26O4Si/c1-4-16-20(17-5-2,18-6-3)19-14-10-13-15-11-8-7-9-12-15/h7-9,11-12H,4-6,10,13-14H2,1-3H3. The third-order valence-corrected chi connectivity index (χ3v) is 5.18. The zero-order valence-corrected chi connectivity index (χ0v) is 13.8. The fraction of sp³-hybridized carbons (Fsp3) is 0.600. The molecule has 0 aliphatic rings. The molecule has 0 heterocycles. The SMILES string of the molecule is CCO[Si](OCC)(OCC)OCCCc1ccccc1. The molecule has 0 unspecified atom stereocenters. The number of hydrogen-bond acceptors (Lipinski definition) is 4. The van der Waals surface area contributed by atoms with Crippen molar-refractivity contribution >= 4 is 9.05 Å². The predicted octanol–water partition coefficient (Wildman–Crippen LogP) is 3.18. The molecule has 0 aromatic heterocycles. The van der Waals surface area contributed by atoms with E-state index in [-0.39, 0.29) is 0 Å². The van der Waals surface area contributed by atoms with Crippen molar-refractivity contribution in [1.82, 2.24) is 0 Å². The van der Waals surface area contributed by atoms with Gasteiger partial charge in [-0.25, -0.2) is 0 Å². The molecule has 114 valence electrons. The molecule has 0 radical (unpaired) electrons. The van der Waals surface area contributed by atoms with Crippen molar-refractivity contribution < 1.29 is 17.7 Å². The first-order chi connectivity index (χ1) is 9.76. The van der Waals surface area contributed by atoms with Crippen LogP contribution in [-0.4, -0.2) is 35.5 Å². The zero-order valence-electron chi connectivity index (χ0n) is 12.8. The monoisotopic (exact) mass is 298 g/mol. The molecule has 5 heteroatoms. The summed E-state index contributed by atoms with van der Waals surface area (Å²) in [6.07, 6.45) is 1.90. The smallest absolute Gasteiger partial charge is 0.351 e. The Kier molecular flexibility index (Phi) is 8.72. The first-order valence-electron chi connectivity index (χ1n) is 7.36. The highest BCUT2D eigenvalue weighted by atomic mass is 28.4. The number of rotatable bonds is 11. The highest BCUT2D eigenvalue weighted by molar-refractivity contribution is 6.53. The van der Waals surface area contributed by atoms with Crippen molar-refractivity contribution in [3.05, 3.63) is 35.9 Å². The second kappa shape index (κ2) is 10.1. The number of aryl methyl sites for hydroxylation is 1. The van der Waals surface area contributed by atoms with Gasteiger partial charge < -0.3 is 17.7 Å². The second-order valence-corrected chi connectivity index (χ2v) is 6.39. The van der Waals surface area contributed by atoms with Crippen LogP contribution in [0.15, 0.2) is 30.3 Å². The van der Waals surface area contributed by atoms with Gasteiger partial charge in [0.25, 0.3) is 0 Å². The summed E-state index contributed by atoms with van der Waals surface area (Å²) in [5.74, 6) is 0. The van der Waals surface area contributed by atoms with Gasteiger partial charge in [0.1, 0.15) is 0 Å². The normalized spacial score (nSPS) is 11.8. The maximum absolute atomic E-state index is 5.84. The minimum absolute atomic E-state index is 0.533. The van der Waals surface area contributed by atoms with E-state index >= 15 is 0 Å². The maximum Gasteiger partial charge on any atom is 0.679 e. The molecule has 20 heavy (non-hydrogen) atoms. The molecule has 1 aromatic carbocycles. The Morgan fingerprint density at radius 2 is 1.35 bits per heavy atom. The first-order valence-corrected chi connectivity index (χ1v) is 8.99. The van der Waals surface area contributed by atoms with Crippen LogP contribution in [0.2, 0.25) is 0 Å². The van der Waals surface area contributed by atoms with Crippen molar-refractivity contribution in [1.29, 1.82) is 0 Å². The Balaban J connectivity index is 2.40. The maximum atomic E-state index is 5.84. The van der Waals surface area contributed by atoms with Crippen LogP contribution in [0.4, 0.5) is 0 Å². The molecule has 0 N–H and O–H groups in total. The van der Waals surface area contributed by atoms with Crippen molar-refractivity contribution in [3.8, 4) is 0 Å². The van der Waals surface area contributed by atoms with E-state index in [0.29, 0.717) is 26.4 Å². The van der Waals surface area contributed by atoms with Gasteiger partial charge in [0.05, 0.1) is 0 Å². The summed E-state index contributed by atoms with van der Waals surface area (Å²) in [6, 6.07) is 10.4. The summed E-state index contributed by atoms with van der Waals surface area (Å²) in [6.45, 7) is 7.95. The molecule has 0 amide bonds. The van der Waals surface area contributed by atoms with Gasteiger partial charge in [-0.2, -0.15) is 0 Å². The van der Waals surface area contributed by atoms with Gasteiger partial charge in [-0.1, -0.05) is 30.3 Å². The first kappa shape index (κ1) is 17.3. The molecule has 0 fully saturated rings. The van der Waals surface area contributed by atoms with Gasteiger partial charge in [-0.05, 0) is 39.2 Å². The van der Waals surface area contributed by atoms with E-state index < -0.39 is 9.05 Å². The Labute approximate surface area is 123 Å². The minimum Gasteiger partial charge on any atom is -0.351 e. The van der Waals surface area contributed by atoms with Gasteiger partial charge >= 0.3 is 9.05 Å². The minimum atomic E-state index is -2.93. The van der Waals surface area contributed by atoms with Gasteiger partial charge in [-0.3, -0.25) is 0 Å². The van der Waals surface area contributed by atoms with E-state index in [4.69, 9.17) is 17.7 Å². The van der Waals surface area contributed by atoms with Crippen LogP contribution in [0.25, 0.3) is 0 Å². The summed E-state index contributed by atoms with van der Waals surface area (Å²) in [5, 5.41) is 0. The van der Waals surface area contributed by atoms with E-state index in [1.165, 1.54) is 5.56 Å². The van der Waals surface area contributed by atoms with Crippen LogP contribution in [0.1, 0.15) is 32.8 Å². The quantitative estimate of drug-likeness (QED) is 0.464. The largest absolute Gasteiger partial charge is 0.679 e. The molecule has 0 bridgehead atoms. The summed E-state index contributed by atoms with van der Waals surface area (Å²) < 4.78 is 22.7. The predicted molar refractivity (Wildman–Crippen MR) is 81.3 cm³/mol. The highest BCUT2D eigenvalue weighted by Crippen LogP contribution is 2.13. The molecule has 4 nitrogen and oxygen atoms in total. The Bertz CT molecular complexity index is 328. The molecule has 0 atom stereocenters. The van der Waals surface area contributed by atoms with Crippen LogP contribution in [0, 0.1) is 0 Å². The van der Waals surface area contributed by atoms with Gasteiger partial charge in [-0.15, -0.1) is 0 Å². The Hall–Kier alpha value is -0.723. The van der Waals surface area contributed by atoms with Crippen molar-refractivity contribution in [2.45, 2.75) is 33.6 Å². The molecule has 0 aliphatic heterocycles. The van der Waals surface area contributed by atoms with Crippen LogP contribution >= 0.6 is 0 Å². The topological polar surface area (TPSA) is 36.9 Å². The molecule has 0 saturated carbocycles. The second-order valence-electron chi connectivity index (χ2n) is 4.24. The number of benzene rings is 1. The van der Waals surface area contributed by atoms with Crippen LogP contribution in [-0.2, 0) is 24.1 Å². The fourth-order valence-corrected chi connectivity index (χ4v) is 3.85. The zero-order chi connectivity index (χ0) is 14.7. The van der Waals surface area contributed by atoms with E-state index in [1.54, 1.807) is 0 Å². The molecule has 0 saturated heterocycles. The summed E-state index contributed by atoms with van der Waals surface area (Å²) in [7, 11) is -2.93. The fourth-order valence-electron chi connectivity index (χ4n) is 1.90. The van der Waals surface area contributed by atoms with E-state index in [0.717, 1.165) is 12.8 Å². The van der Waals surface area contributed by atoms with Crippen LogP contribution in [0.5, 0.6) is 0 Å². The lowest BCUT2D eigenvalue weighted by molar-refractivity contribution is -0.0277. The van der Waals surface area contributed by atoms with Crippen LogP contribution < -0.4 is 0 Å². The molecule has 0 aliphatic carbocycles. The lowest BCUT2D eigenvalue weighted by atomic mass is 10.1. The van der Waals surface area contributed by atoms with Gasteiger partial charge in [0.15, 0.2) is 0 Å². The summed E-state index contributed by atoms with van der Waals surface area (Å²) in [5.41, 5.74) is 1.31. The lowest BCUT2D eigenvalue weighted by Crippen LogP contribution is -2.49. The average Bonchev–Trinajstić information content (AvgIpc) is 2.46. The molecular formula is C15H26O4Si. The van der Waals surface area contributed by atoms with Gasteiger partial charge in [0, 0.05) is 26.4 Å². The number of hydrogen-bond donors (Lipinski definition) is 0. The van der Waals surface area contributed by atoms with E-state index in [1.807, 2.05) is 26.8 Å². The van der Waals surface area contributed by atoms with Gasteiger partial charge in [0.2, 0.25) is 0 Å². The lowest BCUT2D eigenvalue weighted by Gasteiger charge is -2.26. The van der Waals surface area contributed by atoms with Crippen molar-refractivity contribution in [2.24, 2.45) is 0 Å². The van der Waals surface area contributed by atoms with Crippen molar-refractivity contribution in [3.63, 3.8) is 0 Å². The van der Waals surface area contributed by atoms with E-state index in [2.05, 4.69) is 24.3 Å². The summed E-state index contributed by atoms with van der Waals surface area (Å²) >= 11 is 0.